The molecular weight excluding hydrogens is 192 g/mol. The molecule has 4 nitrogen and oxygen atoms in total. The SMILES string of the molecule is C=CCN(CCO)C(=O)CC1CCNC1. The first-order valence-corrected chi connectivity index (χ1v) is 5.48. The maximum absolute atomic E-state index is 11.8. The van der Waals surface area contributed by atoms with Crippen molar-refractivity contribution in [1.82, 2.24) is 10.2 Å². The second-order valence-corrected chi connectivity index (χ2v) is 3.91. The Kier molecular flexibility index (Phi) is 5.36. The van der Waals surface area contributed by atoms with Gasteiger partial charge in [0.05, 0.1) is 6.61 Å². The van der Waals surface area contributed by atoms with Gasteiger partial charge in [0.2, 0.25) is 5.91 Å². The van der Waals surface area contributed by atoms with E-state index < -0.39 is 0 Å². The molecule has 1 atom stereocenters. The quantitative estimate of drug-likeness (QED) is 0.609. The lowest BCUT2D eigenvalue weighted by Gasteiger charge is -2.21. The molecule has 0 aromatic rings. The van der Waals surface area contributed by atoms with Crippen LogP contribution in [-0.2, 0) is 4.79 Å². The molecule has 1 heterocycles. The van der Waals surface area contributed by atoms with Crippen LogP contribution in [0.2, 0.25) is 0 Å². The first-order chi connectivity index (χ1) is 7.27. The Balaban J connectivity index is 2.36. The predicted molar refractivity (Wildman–Crippen MR) is 59.5 cm³/mol. The molecule has 1 aliphatic rings. The number of nitrogens with zero attached hydrogens (tertiary/aromatic N) is 1. The number of aliphatic hydroxyl groups excluding tert-OH is 1. The van der Waals surface area contributed by atoms with Crippen molar-refractivity contribution in [3.05, 3.63) is 12.7 Å². The number of carbonyl (C=O) groups is 1. The first kappa shape index (κ1) is 12.2. The fraction of sp³-hybridized carbons (Fsp3) is 0.727. The van der Waals surface area contributed by atoms with Crippen molar-refractivity contribution in [1.29, 1.82) is 0 Å². The Hall–Kier alpha value is -0.870. The molecule has 0 saturated carbocycles. The van der Waals surface area contributed by atoms with Crippen molar-refractivity contribution < 1.29 is 9.90 Å². The van der Waals surface area contributed by atoms with Crippen LogP contribution in [-0.4, -0.2) is 48.7 Å². The summed E-state index contributed by atoms with van der Waals surface area (Å²) in [6.45, 7) is 6.51. The highest BCUT2D eigenvalue weighted by molar-refractivity contribution is 5.76. The third-order valence-corrected chi connectivity index (χ3v) is 2.70. The lowest BCUT2D eigenvalue weighted by molar-refractivity contribution is -0.132. The van der Waals surface area contributed by atoms with Crippen molar-refractivity contribution >= 4 is 5.91 Å². The van der Waals surface area contributed by atoms with Gasteiger partial charge in [0.1, 0.15) is 0 Å². The van der Waals surface area contributed by atoms with Gasteiger partial charge in [-0.15, -0.1) is 6.58 Å². The molecule has 0 radical (unpaired) electrons. The van der Waals surface area contributed by atoms with E-state index in [1.807, 2.05) is 0 Å². The van der Waals surface area contributed by atoms with Gasteiger partial charge in [0.25, 0.3) is 0 Å². The van der Waals surface area contributed by atoms with E-state index in [4.69, 9.17) is 5.11 Å². The van der Waals surface area contributed by atoms with Gasteiger partial charge in [-0.1, -0.05) is 6.08 Å². The van der Waals surface area contributed by atoms with Crippen LogP contribution < -0.4 is 5.32 Å². The average Bonchev–Trinajstić information content (AvgIpc) is 2.70. The van der Waals surface area contributed by atoms with Crippen molar-refractivity contribution in [2.75, 3.05) is 32.8 Å². The Labute approximate surface area is 91.0 Å². The molecule has 1 rings (SSSR count). The standard InChI is InChI=1S/C11H20N2O2/c1-2-5-13(6-7-14)11(15)8-10-3-4-12-9-10/h2,10,12,14H,1,3-9H2. The summed E-state index contributed by atoms with van der Waals surface area (Å²) < 4.78 is 0. The van der Waals surface area contributed by atoms with Crippen molar-refractivity contribution in [3.8, 4) is 0 Å². The fourth-order valence-electron chi connectivity index (χ4n) is 1.86. The predicted octanol–water partition coefficient (Wildman–Crippen LogP) is -0.00710. The van der Waals surface area contributed by atoms with E-state index in [1.54, 1.807) is 11.0 Å². The number of rotatable bonds is 6. The molecule has 2 N–H and O–H groups in total. The number of nitrogens with one attached hydrogen (secondary N) is 1. The summed E-state index contributed by atoms with van der Waals surface area (Å²) in [6, 6.07) is 0. The van der Waals surface area contributed by atoms with Gasteiger partial charge in [-0.3, -0.25) is 4.79 Å². The molecule has 86 valence electrons. The summed E-state index contributed by atoms with van der Waals surface area (Å²) >= 11 is 0. The van der Waals surface area contributed by atoms with E-state index in [0.717, 1.165) is 19.5 Å². The minimum Gasteiger partial charge on any atom is -0.395 e. The lowest BCUT2D eigenvalue weighted by Crippen LogP contribution is -2.35. The zero-order valence-corrected chi connectivity index (χ0v) is 9.11. The van der Waals surface area contributed by atoms with Crippen LogP contribution in [0.25, 0.3) is 0 Å². The van der Waals surface area contributed by atoms with Crippen LogP contribution in [0.5, 0.6) is 0 Å². The third kappa shape index (κ3) is 4.01. The minimum atomic E-state index is 0.0164. The molecule has 0 bridgehead atoms. The van der Waals surface area contributed by atoms with Gasteiger partial charge in [-0.25, -0.2) is 0 Å². The van der Waals surface area contributed by atoms with Gasteiger partial charge in [-0.05, 0) is 25.4 Å². The normalized spacial score (nSPS) is 20.2. The second kappa shape index (κ2) is 6.58. The smallest absolute Gasteiger partial charge is 0.223 e. The number of amides is 1. The van der Waals surface area contributed by atoms with Crippen LogP contribution in [0.15, 0.2) is 12.7 Å². The number of hydrogen-bond donors (Lipinski definition) is 2. The summed E-state index contributed by atoms with van der Waals surface area (Å²) in [5.41, 5.74) is 0. The van der Waals surface area contributed by atoms with E-state index in [2.05, 4.69) is 11.9 Å². The Morgan fingerprint density at radius 3 is 3.00 bits per heavy atom. The van der Waals surface area contributed by atoms with Crippen molar-refractivity contribution in [3.63, 3.8) is 0 Å². The highest BCUT2D eigenvalue weighted by Crippen LogP contribution is 2.13. The maximum Gasteiger partial charge on any atom is 0.223 e. The molecule has 4 heteroatoms. The molecular formula is C11H20N2O2. The summed E-state index contributed by atoms with van der Waals surface area (Å²) in [4.78, 5) is 13.5. The lowest BCUT2D eigenvalue weighted by atomic mass is 10.0. The van der Waals surface area contributed by atoms with Gasteiger partial charge >= 0.3 is 0 Å². The van der Waals surface area contributed by atoms with Gasteiger partial charge < -0.3 is 15.3 Å². The molecule has 1 aliphatic heterocycles. The van der Waals surface area contributed by atoms with Crippen LogP contribution in [0.1, 0.15) is 12.8 Å². The van der Waals surface area contributed by atoms with Crippen molar-refractivity contribution in [2.24, 2.45) is 5.92 Å². The third-order valence-electron chi connectivity index (χ3n) is 2.70. The molecule has 0 spiro atoms. The van der Waals surface area contributed by atoms with Crippen LogP contribution in [0.4, 0.5) is 0 Å². The van der Waals surface area contributed by atoms with E-state index in [9.17, 15) is 4.79 Å². The van der Waals surface area contributed by atoms with E-state index in [1.165, 1.54) is 0 Å². The molecule has 0 aromatic carbocycles. The van der Waals surface area contributed by atoms with E-state index in [-0.39, 0.29) is 12.5 Å². The van der Waals surface area contributed by atoms with Crippen LogP contribution >= 0.6 is 0 Å². The molecule has 15 heavy (non-hydrogen) atoms. The summed E-state index contributed by atoms with van der Waals surface area (Å²) in [5, 5.41) is 12.1. The molecule has 1 amide bonds. The fourth-order valence-corrected chi connectivity index (χ4v) is 1.86. The van der Waals surface area contributed by atoms with Gasteiger partial charge in [0, 0.05) is 19.5 Å². The molecule has 0 aliphatic carbocycles. The van der Waals surface area contributed by atoms with Crippen LogP contribution in [0, 0.1) is 5.92 Å². The van der Waals surface area contributed by atoms with E-state index in [0.29, 0.717) is 25.4 Å². The largest absolute Gasteiger partial charge is 0.395 e. The number of hydrogen-bond acceptors (Lipinski definition) is 3. The highest BCUT2D eigenvalue weighted by atomic mass is 16.3. The Bertz CT molecular complexity index is 213. The maximum atomic E-state index is 11.8. The molecule has 1 unspecified atom stereocenters. The summed E-state index contributed by atoms with van der Waals surface area (Å²) in [6.07, 6.45) is 3.36. The zero-order valence-electron chi connectivity index (χ0n) is 9.11. The monoisotopic (exact) mass is 212 g/mol. The molecule has 1 saturated heterocycles. The van der Waals surface area contributed by atoms with Crippen molar-refractivity contribution in [2.45, 2.75) is 12.8 Å². The summed E-state index contributed by atoms with van der Waals surface area (Å²) in [5.74, 6) is 0.584. The number of carbonyl (C=O) groups excluding carboxylic acids is 1. The van der Waals surface area contributed by atoms with Gasteiger partial charge in [0.15, 0.2) is 0 Å². The van der Waals surface area contributed by atoms with Gasteiger partial charge in [-0.2, -0.15) is 0 Å². The average molecular weight is 212 g/mol. The topological polar surface area (TPSA) is 52.6 Å². The Morgan fingerprint density at radius 1 is 1.67 bits per heavy atom. The zero-order chi connectivity index (χ0) is 11.1. The van der Waals surface area contributed by atoms with E-state index >= 15 is 0 Å². The Morgan fingerprint density at radius 2 is 2.47 bits per heavy atom. The number of aliphatic hydroxyl groups is 1. The first-order valence-electron chi connectivity index (χ1n) is 5.48. The molecule has 0 aromatic heterocycles. The second-order valence-electron chi connectivity index (χ2n) is 3.91. The summed E-state index contributed by atoms with van der Waals surface area (Å²) in [7, 11) is 0. The molecule has 1 fully saturated rings. The minimum absolute atomic E-state index is 0.0164. The van der Waals surface area contributed by atoms with Crippen LogP contribution in [0.3, 0.4) is 0 Å². The highest BCUT2D eigenvalue weighted by Gasteiger charge is 2.20.